The number of hydrogen-bond acceptors (Lipinski definition) is 4. The monoisotopic (exact) mass is 455 g/mol. The van der Waals surface area contributed by atoms with Gasteiger partial charge >= 0.3 is 0 Å². The fraction of sp³-hybridized carbons (Fsp3) is 0.429. The van der Waals surface area contributed by atoms with Crippen molar-refractivity contribution in [2.75, 3.05) is 13.2 Å². The molecule has 0 amide bonds. The minimum absolute atomic E-state index is 0.0174. The first-order valence-corrected chi connectivity index (χ1v) is 9.96. The Morgan fingerprint density at radius 2 is 2.00 bits per heavy atom. The first-order chi connectivity index (χ1) is 13.3. The van der Waals surface area contributed by atoms with Gasteiger partial charge in [0.1, 0.15) is 11.6 Å². The Morgan fingerprint density at radius 1 is 1.29 bits per heavy atom. The van der Waals surface area contributed by atoms with Gasteiger partial charge in [0, 0.05) is 17.5 Å². The average molecular weight is 456 g/mol. The minimum Gasteiger partial charge on any atom is -0.390 e. The maximum atomic E-state index is 14.6. The maximum absolute atomic E-state index is 14.6. The van der Waals surface area contributed by atoms with E-state index in [9.17, 15) is 13.9 Å². The zero-order chi connectivity index (χ0) is 20.3. The predicted molar refractivity (Wildman–Crippen MR) is 106 cm³/mol. The van der Waals surface area contributed by atoms with Crippen LogP contribution in [0.3, 0.4) is 0 Å². The van der Waals surface area contributed by atoms with Crippen molar-refractivity contribution < 1.29 is 23.4 Å². The van der Waals surface area contributed by atoms with Gasteiger partial charge in [-0.05, 0) is 40.9 Å². The van der Waals surface area contributed by atoms with E-state index in [2.05, 4.69) is 15.9 Å². The van der Waals surface area contributed by atoms with Crippen molar-refractivity contribution in [3.05, 3.63) is 69.7 Å². The highest BCUT2D eigenvalue weighted by atomic mass is 79.9. The second-order valence-corrected chi connectivity index (χ2v) is 8.17. The van der Waals surface area contributed by atoms with Gasteiger partial charge in [-0.25, -0.2) is 8.78 Å². The fourth-order valence-corrected chi connectivity index (χ4v) is 4.01. The summed E-state index contributed by atoms with van der Waals surface area (Å²) in [7, 11) is 0. The van der Waals surface area contributed by atoms with Crippen LogP contribution in [-0.2, 0) is 21.6 Å². The van der Waals surface area contributed by atoms with Gasteiger partial charge in [0.15, 0.2) is 0 Å². The smallest absolute Gasteiger partial charge is 0.140 e. The minimum atomic E-state index is -1.30. The number of hydrogen-bond donors (Lipinski definition) is 2. The van der Waals surface area contributed by atoms with Crippen molar-refractivity contribution >= 4 is 15.9 Å². The van der Waals surface area contributed by atoms with E-state index in [4.69, 9.17) is 15.2 Å². The molecule has 0 radical (unpaired) electrons. The summed E-state index contributed by atoms with van der Waals surface area (Å²) in [5.41, 5.74) is 6.36. The molecule has 1 saturated heterocycles. The van der Waals surface area contributed by atoms with Crippen LogP contribution in [0.1, 0.15) is 24.5 Å². The maximum Gasteiger partial charge on any atom is 0.140 e. The number of ether oxygens (including phenoxy) is 2. The lowest BCUT2D eigenvalue weighted by Gasteiger charge is -2.45. The summed E-state index contributed by atoms with van der Waals surface area (Å²) in [6.45, 7) is 2.30. The summed E-state index contributed by atoms with van der Waals surface area (Å²) >= 11 is 3.08. The molecule has 0 aromatic heterocycles. The van der Waals surface area contributed by atoms with E-state index in [-0.39, 0.29) is 29.4 Å². The summed E-state index contributed by atoms with van der Waals surface area (Å²) in [5, 5.41) is 10.8. The van der Waals surface area contributed by atoms with Crippen molar-refractivity contribution in [2.45, 2.75) is 37.7 Å². The summed E-state index contributed by atoms with van der Waals surface area (Å²) < 4.78 is 39.7. The summed E-state index contributed by atoms with van der Waals surface area (Å²) in [6.07, 6.45) is -0.637. The highest BCUT2D eigenvalue weighted by molar-refractivity contribution is 9.10. The van der Waals surface area contributed by atoms with Crippen molar-refractivity contribution in [3.63, 3.8) is 0 Å². The van der Waals surface area contributed by atoms with Crippen LogP contribution in [0.15, 0.2) is 46.9 Å². The van der Waals surface area contributed by atoms with Gasteiger partial charge in [0.05, 0.1) is 42.0 Å². The number of aliphatic hydroxyl groups is 1. The Hall–Kier alpha value is -1.38. The highest BCUT2D eigenvalue weighted by Crippen LogP contribution is 2.40. The molecule has 3 rings (SSSR count). The highest BCUT2D eigenvalue weighted by Gasteiger charge is 2.47. The molecule has 1 aliphatic heterocycles. The number of benzene rings is 2. The van der Waals surface area contributed by atoms with Crippen molar-refractivity contribution in [2.24, 2.45) is 11.7 Å². The second-order valence-electron chi connectivity index (χ2n) is 7.32. The van der Waals surface area contributed by atoms with E-state index in [0.29, 0.717) is 13.0 Å². The van der Waals surface area contributed by atoms with Gasteiger partial charge in [-0.1, -0.05) is 30.3 Å². The molecule has 1 heterocycles. The average Bonchev–Trinajstić information content (AvgIpc) is 2.67. The third-order valence-corrected chi connectivity index (χ3v) is 5.84. The molecule has 4 atom stereocenters. The molecule has 1 fully saturated rings. The van der Waals surface area contributed by atoms with Gasteiger partial charge in [0.25, 0.3) is 0 Å². The number of aliphatic hydroxyl groups excluding tert-OH is 1. The lowest BCUT2D eigenvalue weighted by Crippen LogP contribution is -2.58. The Bertz CT molecular complexity index is 808. The molecule has 1 aliphatic rings. The van der Waals surface area contributed by atoms with Gasteiger partial charge in [-0.2, -0.15) is 0 Å². The van der Waals surface area contributed by atoms with Gasteiger partial charge in [-0.3, -0.25) is 0 Å². The molecule has 0 spiro atoms. The first kappa shape index (κ1) is 21.3. The van der Waals surface area contributed by atoms with Crippen LogP contribution < -0.4 is 5.73 Å². The summed E-state index contributed by atoms with van der Waals surface area (Å²) in [5.74, 6) is -1.99. The third-order valence-electron chi connectivity index (χ3n) is 5.23. The molecular weight excluding hydrogens is 432 g/mol. The topological polar surface area (TPSA) is 64.7 Å². The Morgan fingerprint density at radius 3 is 2.71 bits per heavy atom. The van der Waals surface area contributed by atoms with Crippen LogP contribution in [0.5, 0.6) is 0 Å². The predicted octanol–water partition coefficient (Wildman–Crippen LogP) is 3.88. The molecule has 7 heteroatoms. The van der Waals surface area contributed by atoms with Crippen LogP contribution in [-0.4, -0.2) is 30.5 Å². The van der Waals surface area contributed by atoms with E-state index in [1.54, 1.807) is 0 Å². The Kier molecular flexibility index (Phi) is 6.83. The molecule has 0 aliphatic carbocycles. The second kappa shape index (κ2) is 8.97. The molecule has 0 saturated carbocycles. The quantitative estimate of drug-likeness (QED) is 0.648. The molecule has 2 aromatic carbocycles. The van der Waals surface area contributed by atoms with E-state index in [1.165, 1.54) is 6.07 Å². The van der Waals surface area contributed by atoms with Crippen LogP contribution >= 0.6 is 15.9 Å². The fourth-order valence-electron chi connectivity index (χ4n) is 3.67. The molecular formula is C21H24BrF2NO3. The first-order valence-electron chi connectivity index (χ1n) is 9.16. The van der Waals surface area contributed by atoms with E-state index < -0.39 is 29.2 Å². The molecule has 3 N–H and O–H groups in total. The zero-order valence-corrected chi connectivity index (χ0v) is 17.2. The largest absolute Gasteiger partial charge is 0.390 e. The van der Waals surface area contributed by atoms with Crippen LogP contribution in [0.25, 0.3) is 0 Å². The lowest BCUT2D eigenvalue weighted by molar-refractivity contribution is -0.108. The van der Waals surface area contributed by atoms with Crippen LogP contribution in [0, 0.1) is 17.6 Å². The summed E-state index contributed by atoms with van der Waals surface area (Å²) in [6, 6.07) is 11.7. The van der Waals surface area contributed by atoms with Crippen molar-refractivity contribution in [3.8, 4) is 0 Å². The standard InChI is InChI=1S/C21H24BrF2NO3/c1-13-7-16(20(26)11-27-10-14-5-3-2-4-6-14)21(25,12-28-13)15-8-17(22)19(24)9-18(15)23/h2-6,8-9,13,16,20,26H,7,10-12,25H2,1H3/t13-,16-,20-,21+/m0/s1. The van der Waals surface area contributed by atoms with Gasteiger partial charge in [-0.15, -0.1) is 0 Å². The number of rotatable bonds is 6. The van der Waals surface area contributed by atoms with Crippen molar-refractivity contribution in [1.82, 2.24) is 0 Å². The number of nitrogens with two attached hydrogens (primary N) is 1. The normalized spacial score (nSPS) is 26.2. The molecule has 28 heavy (non-hydrogen) atoms. The van der Waals surface area contributed by atoms with Crippen molar-refractivity contribution in [1.29, 1.82) is 0 Å². The molecule has 0 unspecified atom stereocenters. The van der Waals surface area contributed by atoms with E-state index >= 15 is 0 Å². The van der Waals surface area contributed by atoms with E-state index in [1.807, 2.05) is 37.3 Å². The number of halogens is 3. The SMILES string of the molecule is C[C@H]1C[C@@H]([C@@H](O)COCc2ccccc2)[C@](N)(c2cc(Br)c(F)cc2F)CO1. The Labute approximate surface area is 171 Å². The molecule has 0 bridgehead atoms. The van der Waals surface area contributed by atoms with E-state index in [0.717, 1.165) is 11.6 Å². The zero-order valence-electron chi connectivity index (χ0n) is 15.6. The van der Waals surface area contributed by atoms with Crippen LogP contribution in [0.2, 0.25) is 0 Å². The third kappa shape index (κ3) is 4.60. The Balaban J connectivity index is 1.78. The molecule has 152 valence electrons. The molecule has 2 aromatic rings. The van der Waals surface area contributed by atoms with Crippen LogP contribution in [0.4, 0.5) is 8.78 Å². The summed E-state index contributed by atoms with van der Waals surface area (Å²) in [4.78, 5) is 0. The van der Waals surface area contributed by atoms with Gasteiger partial charge < -0.3 is 20.3 Å². The lowest BCUT2D eigenvalue weighted by atomic mass is 9.72. The molecule has 4 nitrogen and oxygen atoms in total. The van der Waals surface area contributed by atoms with Gasteiger partial charge in [0.2, 0.25) is 0 Å².